The van der Waals surface area contributed by atoms with Gasteiger partial charge in [0.2, 0.25) is 0 Å². The summed E-state index contributed by atoms with van der Waals surface area (Å²) in [5.41, 5.74) is 1.65. The first-order valence-corrected chi connectivity index (χ1v) is 4.95. The van der Waals surface area contributed by atoms with E-state index in [9.17, 15) is 4.39 Å². The Morgan fingerprint density at radius 2 is 2.25 bits per heavy atom. The monoisotopic (exact) mass is 215 g/mol. The predicted molar refractivity (Wildman–Crippen MR) is 57.9 cm³/mol. The van der Waals surface area contributed by atoms with Gasteiger partial charge in [0.25, 0.3) is 0 Å². The lowest BCUT2D eigenvalue weighted by Gasteiger charge is -1.97. The molecule has 2 aromatic rings. The molecule has 4 heteroatoms. The van der Waals surface area contributed by atoms with Crippen LogP contribution in [0.1, 0.15) is 6.42 Å². The molecule has 3 nitrogen and oxygen atoms in total. The Morgan fingerprint density at radius 1 is 1.38 bits per heavy atom. The second kappa shape index (κ2) is 4.58. The minimum Gasteiger partial charge on any atom is -0.271 e. The van der Waals surface area contributed by atoms with Gasteiger partial charge in [-0.15, -0.1) is 0 Å². The SMILES string of the molecule is N#CCCn1cc(-c2cccc(F)c2)cn1. The van der Waals surface area contributed by atoms with Crippen molar-refractivity contribution in [2.75, 3.05) is 0 Å². The van der Waals surface area contributed by atoms with Gasteiger partial charge in [0, 0.05) is 11.8 Å². The number of aryl methyl sites for hydroxylation is 1. The van der Waals surface area contributed by atoms with E-state index in [2.05, 4.69) is 11.2 Å². The zero-order valence-electron chi connectivity index (χ0n) is 8.60. The fourth-order valence-corrected chi connectivity index (χ4v) is 1.47. The number of hydrogen-bond acceptors (Lipinski definition) is 2. The van der Waals surface area contributed by atoms with Gasteiger partial charge < -0.3 is 0 Å². The number of hydrogen-bond donors (Lipinski definition) is 0. The van der Waals surface area contributed by atoms with Crippen molar-refractivity contribution in [2.45, 2.75) is 13.0 Å². The molecular weight excluding hydrogens is 205 g/mol. The highest BCUT2D eigenvalue weighted by Crippen LogP contribution is 2.19. The first kappa shape index (κ1) is 10.4. The van der Waals surface area contributed by atoms with Crippen LogP contribution >= 0.6 is 0 Å². The molecule has 1 aromatic heterocycles. The molecule has 2 rings (SSSR count). The normalized spacial score (nSPS) is 10.0. The molecule has 1 heterocycles. The van der Waals surface area contributed by atoms with Crippen LogP contribution in [0.3, 0.4) is 0 Å². The smallest absolute Gasteiger partial charge is 0.123 e. The van der Waals surface area contributed by atoms with E-state index in [4.69, 9.17) is 5.26 Å². The molecule has 0 aliphatic carbocycles. The van der Waals surface area contributed by atoms with Crippen LogP contribution in [0, 0.1) is 17.1 Å². The van der Waals surface area contributed by atoms with Crippen molar-refractivity contribution >= 4 is 0 Å². The molecular formula is C12H10FN3. The summed E-state index contributed by atoms with van der Waals surface area (Å²) in [6, 6.07) is 8.42. The Bertz CT molecular complexity index is 525. The molecule has 0 fully saturated rings. The third-order valence-corrected chi connectivity index (χ3v) is 2.24. The molecule has 0 saturated carbocycles. The van der Waals surface area contributed by atoms with E-state index in [1.165, 1.54) is 12.1 Å². The van der Waals surface area contributed by atoms with E-state index in [1.54, 1.807) is 16.9 Å². The molecule has 0 aliphatic rings. The van der Waals surface area contributed by atoms with Crippen LogP contribution in [0.4, 0.5) is 4.39 Å². The van der Waals surface area contributed by atoms with Gasteiger partial charge in [-0.3, -0.25) is 4.68 Å². The third-order valence-electron chi connectivity index (χ3n) is 2.24. The van der Waals surface area contributed by atoms with Gasteiger partial charge in [0.05, 0.1) is 25.2 Å². The number of halogens is 1. The van der Waals surface area contributed by atoms with Crippen LogP contribution in [-0.4, -0.2) is 9.78 Å². The Labute approximate surface area is 92.7 Å². The second-order valence-electron chi connectivity index (χ2n) is 3.41. The summed E-state index contributed by atoms with van der Waals surface area (Å²) in [4.78, 5) is 0. The predicted octanol–water partition coefficient (Wildman–Crippen LogP) is 2.60. The molecule has 0 unspecified atom stereocenters. The van der Waals surface area contributed by atoms with Gasteiger partial charge in [0.1, 0.15) is 5.82 Å². The van der Waals surface area contributed by atoms with Crippen molar-refractivity contribution in [2.24, 2.45) is 0 Å². The maximum absolute atomic E-state index is 13.0. The number of rotatable bonds is 3. The third kappa shape index (κ3) is 2.26. The zero-order valence-corrected chi connectivity index (χ0v) is 8.60. The topological polar surface area (TPSA) is 41.6 Å². The van der Waals surface area contributed by atoms with Gasteiger partial charge in [-0.2, -0.15) is 10.4 Å². The Balaban J connectivity index is 2.22. The molecule has 0 aliphatic heterocycles. The van der Waals surface area contributed by atoms with Crippen LogP contribution in [0.2, 0.25) is 0 Å². The van der Waals surface area contributed by atoms with Crippen LogP contribution in [0.5, 0.6) is 0 Å². The summed E-state index contributed by atoms with van der Waals surface area (Å²) < 4.78 is 14.7. The molecule has 0 amide bonds. The van der Waals surface area contributed by atoms with E-state index >= 15 is 0 Å². The van der Waals surface area contributed by atoms with Crippen molar-refractivity contribution in [1.82, 2.24) is 9.78 Å². The average molecular weight is 215 g/mol. The Morgan fingerprint density at radius 3 is 3.00 bits per heavy atom. The van der Waals surface area contributed by atoms with Crippen molar-refractivity contribution in [1.29, 1.82) is 5.26 Å². The lowest BCUT2D eigenvalue weighted by Crippen LogP contribution is -1.96. The molecule has 0 N–H and O–H groups in total. The summed E-state index contributed by atoms with van der Waals surface area (Å²) in [6.45, 7) is 0.561. The molecule has 1 aromatic carbocycles. The lowest BCUT2D eigenvalue weighted by atomic mass is 10.1. The van der Waals surface area contributed by atoms with Crippen LogP contribution in [0.25, 0.3) is 11.1 Å². The highest BCUT2D eigenvalue weighted by atomic mass is 19.1. The maximum Gasteiger partial charge on any atom is 0.123 e. The highest BCUT2D eigenvalue weighted by Gasteiger charge is 2.02. The first-order chi connectivity index (χ1) is 7.79. The van der Waals surface area contributed by atoms with E-state index in [-0.39, 0.29) is 5.82 Å². The molecule has 0 saturated heterocycles. The van der Waals surface area contributed by atoms with Crippen molar-refractivity contribution in [3.05, 3.63) is 42.5 Å². The van der Waals surface area contributed by atoms with Gasteiger partial charge in [-0.05, 0) is 17.7 Å². The van der Waals surface area contributed by atoms with Gasteiger partial charge >= 0.3 is 0 Å². The number of benzene rings is 1. The number of nitriles is 1. The Hall–Kier alpha value is -2.15. The first-order valence-electron chi connectivity index (χ1n) is 4.95. The van der Waals surface area contributed by atoms with Crippen LogP contribution in [-0.2, 0) is 6.54 Å². The summed E-state index contributed by atoms with van der Waals surface area (Å²) in [7, 11) is 0. The highest BCUT2D eigenvalue weighted by molar-refractivity contribution is 5.61. The van der Waals surface area contributed by atoms with Gasteiger partial charge in [0.15, 0.2) is 0 Å². The molecule has 16 heavy (non-hydrogen) atoms. The summed E-state index contributed by atoms with van der Waals surface area (Å²) in [5, 5.41) is 12.5. The fourth-order valence-electron chi connectivity index (χ4n) is 1.47. The Kier molecular flexibility index (Phi) is 2.97. The van der Waals surface area contributed by atoms with E-state index in [0.717, 1.165) is 11.1 Å². The van der Waals surface area contributed by atoms with E-state index in [1.807, 2.05) is 12.3 Å². The van der Waals surface area contributed by atoms with E-state index < -0.39 is 0 Å². The number of nitrogens with zero attached hydrogens (tertiary/aromatic N) is 3. The standard InChI is InChI=1S/C12H10FN3/c13-12-4-1-3-10(7-12)11-8-15-16(9-11)6-2-5-14/h1,3-4,7-9H,2,6H2. The maximum atomic E-state index is 13.0. The molecule has 0 atom stereocenters. The minimum absolute atomic E-state index is 0.262. The summed E-state index contributed by atoms with van der Waals surface area (Å²) >= 11 is 0. The van der Waals surface area contributed by atoms with Crippen LogP contribution in [0.15, 0.2) is 36.7 Å². The zero-order chi connectivity index (χ0) is 11.4. The summed E-state index contributed by atoms with van der Waals surface area (Å²) in [5.74, 6) is -0.262. The molecule has 0 radical (unpaired) electrons. The van der Waals surface area contributed by atoms with Crippen molar-refractivity contribution < 1.29 is 4.39 Å². The minimum atomic E-state index is -0.262. The average Bonchev–Trinajstić information content (AvgIpc) is 2.75. The molecule has 0 bridgehead atoms. The van der Waals surface area contributed by atoms with Gasteiger partial charge in [-0.1, -0.05) is 12.1 Å². The van der Waals surface area contributed by atoms with Gasteiger partial charge in [-0.25, -0.2) is 4.39 Å². The van der Waals surface area contributed by atoms with Crippen molar-refractivity contribution in [3.8, 4) is 17.2 Å². The second-order valence-corrected chi connectivity index (χ2v) is 3.41. The lowest BCUT2D eigenvalue weighted by molar-refractivity contribution is 0.627. The van der Waals surface area contributed by atoms with E-state index in [0.29, 0.717) is 13.0 Å². The fraction of sp³-hybridized carbons (Fsp3) is 0.167. The van der Waals surface area contributed by atoms with Crippen LogP contribution < -0.4 is 0 Å². The quantitative estimate of drug-likeness (QED) is 0.789. The largest absolute Gasteiger partial charge is 0.271 e. The summed E-state index contributed by atoms with van der Waals surface area (Å²) in [6.07, 6.45) is 3.91. The molecule has 0 spiro atoms. The van der Waals surface area contributed by atoms with Crippen molar-refractivity contribution in [3.63, 3.8) is 0 Å². The molecule has 80 valence electrons. The number of aromatic nitrogens is 2.